The highest BCUT2D eigenvalue weighted by atomic mass is 16.2. The summed E-state index contributed by atoms with van der Waals surface area (Å²) in [5.74, 6) is 1.76. The summed E-state index contributed by atoms with van der Waals surface area (Å²) >= 11 is 0. The molecule has 0 bridgehead atoms. The number of hydrogen-bond acceptors (Lipinski definition) is 8. The van der Waals surface area contributed by atoms with Crippen molar-refractivity contribution in [3.63, 3.8) is 0 Å². The van der Waals surface area contributed by atoms with Gasteiger partial charge in [0.2, 0.25) is 17.7 Å². The highest BCUT2D eigenvalue weighted by molar-refractivity contribution is 6.02. The van der Waals surface area contributed by atoms with Crippen molar-refractivity contribution in [3.8, 4) is 22.3 Å². The number of carbonyl (C=O) groups excluding carboxylic acids is 3. The molecule has 4 aromatic heterocycles. The molecule has 0 aliphatic heterocycles. The Hall–Kier alpha value is -8.13. The summed E-state index contributed by atoms with van der Waals surface area (Å²) < 4.78 is 0. The van der Waals surface area contributed by atoms with E-state index in [4.69, 9.17) is 5.73 Å². The van der Waals surface area contributed by atoms with E-state index in [0.29, 0.717) is 36.7 Å². The van der Waals surface area contributed by atoms with E-state index in [1.807, 2.05) is 118 Å². The monoisotopic (exact) mass is 867 g/mol. The van der Waals surface area contributed by atoms with Crippen molar-refractivity contribution in [2.45, 2.75) is 65.7 Å². The molecule has 0 aliphatic carbocycles. The third kappa shape index (κ3) is 11.9. The summed E-state index contributed by atoms with van der Waals surface area (Å²) in [6.45, 7) is 5.93. The standard InChI is InChI=1S/C18H19N3O.C17H18N4O.C16H16N4O/c1-2-6-17(22)19-18-15-10-9-14(12-16(15)20-21-18)11-13-7-4-3-5-8-13;1-2-3-16(22)19-17-14-9-6-12(10-15(14)20-21-17)11-4-7-13(18)8-5-11;1-2-3-15(21)18-16-13-5-4-12(10-14(13)19-20-16)11-6-8-17-9-7-11/h3-5,7-10,12H,2,6,11H2,1H3,(H2,19,20,21,22);4-10H,2-3,18H2,1H3,(H2,19,20,21,22);4-10H,2-3H2,1H3,(H2,18,19,20,21). The van der Waals surface area contributed by atoms with Gasteiger partial charge in [0.1, 0.15) is 0 Å². The molecule has 14 heteroatoms. The molecule has 9 aromatic rings. The summed E-state index contributed by atoms with van der Waals surface area (Å²) in [7, 11) is 0. The van der Waals surface area contributed by atoms with Gasteiger partial charge in [0.15, 0.2) is 17.5 Å². The summed E-state index contributed by atoms with van der Waals surface area (Å²) in [5, 5.41) is 32.8. The first-order chi connectivity index (χ1) is 31.7. The summed E-state index contributed by atoms with van der Waals surface area (Å²) in [4.78, 5) is 39.1. The number of fused-ring (bicyclic) bond motifs is 3. The Kier molecular flexibility index (Phi) is 15.1. The van der Waals surface area contributed by atoms with Gasteiger partial charge < -0.3 is 21.7 Å². The van der Waals surface area contributed by atoms with Crippen LogP contribution in [0.3, 0.4) is 0 Å². The molecule has 0 saturated carbocycles. The van der Waals surface area contributed by atoms with E-state index < -0.39 is 0 Å². The van der Waals surface area contributed by atoms with Crippen LogP contribution in [0.15, 0.2) is 134 Å². The molecule has 0 unspecified atom stereocenters. The number of nitrogens with two attached hydrogens (primary N) is 1. The number of rotatable bonds is 13. The first-order valence-electron chi connectivity index (χ1n) is 21.8. The molecule has 5 aromatic carbocycles. The minimum Gasteiger partial charge on any atom is -0.399 e. The number of nitrogens with zero attached hydrogens (tertiary/aromatic N) is 4. The van der Waals surface area contributed by atoms with Gasteiger partial charge >= 0.3 is 0 Å². The molecule has 0 spiro atoms. The van der Waals surface area contributed by atoms with Crippen LogP contribution >= 0.6 is 0 Å². The highest BCUT2D eigenvalue weighted by Gasteiger charge is 2.13. The van der Waals surface area contributed by atoms with Gasteiger partial charge in [-0.15, -0.1) is 0 Å². The number of nitrogens with one attached hydrogen (secondary N) is 6. The average molecular weight is 868 g/mol. The van der Waals surface area contributed by atoms with Gasteiger partial charge in [0.05, 0.1) is 16.6 Å². The number of aromatic nitrogens is 7. The van der Waals surface area contributed by atoms with E-state index in [9.17, 15) is 14.4 Å². The number of H-pyrrole nitrogens is 3. The van der Waals surface area contributed by atoms with Crippen molar-refractivity contribution in [1.29, 1.82) is 0 Å². The van der Waals surface area contributed by atoms with E-state index >= 15 is 0 Å². The number of hydrogen-bond donors (Lipinski definition) is 7. The highest BCUT2D eigenvalue weighted by Crippen LogP contribution is 2.29. The van der Waals surface area contributed by atoms with Crippen LogP contribution in [0.1, 0.15) is 70.4 Å². The molecule has 0 saturated heterocycles. The molecule has 9 rings (SSSR count). The molecule has 330 valence electrons. The van der Waals surface area contributed by atoms with E-state index in [-0.39, 0.29) is 17.7 Å². The molecule has 8 N–H and O–H groups in total. The Balaban J connectivity index is 0.000000145. The van der Waals surface area contributed by atoms with E-state index in [2.05, 4.69) is 75.8 Å². The predicted octanol–water partition coefficient (Wildman–Crippen LogP) is 10.8. The fraction of sp³-hybridized carbons (Fsp3) is 0.196. The third-order valence-corrected chi connectivity index (χ3v) is 10.5. The fourth-order valence-electron chi connectivity index (χ4n) is 7.18. The number of anilines is 4. The van der Waals surface area contributed by atoms with Crippen LogP contribution in [0, 0.1) is 0 Å². The van der Waals surface area contributed by atoms with Crippen molar-refractivity contribution in [2.24, 2.45) is 0 Å². The number of carbonyl (C=O) groups is 3. The topological polar surface area (TPSA) is 212 Å². The second kappa shape index (κ2) is 21.8. The zero-order valence-corrected chi connectivity index (χ0v) is 36.7. The maximum absolute atomic E-state index is 11.7. The summed E-state index contributed by atoms with van der Waals surface area (Å²) in [6.07, 6.45) is 8.39. The summed E-state index contributed by atoms with van der Waals surface area (Å²) in [6, 6.07) is 40.2. The third-order valence-electron chi connectivity index (χ3n) is 10.5. The smallest absolute Gasteiger partial charge is 0.225 e. The Morgan fingerprint density at radius 2 is 0.892 bits per heavy atom. The van der Waals surface area contributed by atoms with Gasteiger partial charge in [0.25, 0.3) is 0 Å². The SMILES string of the molecule is CCCC(=O)Nc1n[nH]c2cc(-c3ccc(N)cc3)ccc12.CCCC(=O)Nc1n[nH]c2cc(-c3ccncc3)ccc12.CCCC(=O)Nc1n[nH]c2cc(Cc3ccccc3)ccc12. The lowest BCUT2D eigenvalue weighted by Crippen LogP contribution is -2.11. The van der Waals surface area contributed by atoms with Gasteiger partial charge in [-0.25, -0.2) is 0 Å². The number of amides is 3. The van der Waals surface area contributed by atoms with Gasteiger partial charge in [-0.3, -0.25) is 34.7 Å². The fourth-order valence-corrected chi connectivity index (χ4v) is 7.18. The van der Waals surface area contributed by atoms with Crippen LogP contribution < -0.4 is 21.7 Å². The van der Waals surface area contributed by atoms with E-state index in [0.717, 1.165) is 86.3 Å². The van der Waals surface area contributed by atoms with Crippen molar-refractivity contribution in [2.75, 3.05) is 21.7 Å². The second-order valence-corrected chi connectivity index (χ2v) is 15.5. The molecular weight excluding hydrogens is 815 g/mol. The second-order valence-electron chi connectivity index (χ2n) is 15.5. The van der Waals surface area contributed by atoms with Crippen molar-refractivity contribution < 1.29 is 14.4 Å². The Bertz CT molecular complexity index is 2990. The molecule has 0 radical (unpaired) electrons. The molecule has 14 nitrogen and oxygen atoms in total. The van der Waals surface area contributed by atoms with E-state index in [1.54, 1.807) is 12.4 Å². The van der Waals surface area contributed by atoms with Crippen LogP contribution in [0.5, 0.6) is 0 Å². The predicted molar refractivity (Wildman–Crippen MR) is 261 cm³/mol. The maximum atomic E-state index is 11.7. The van der Waals surface area contributed by atoms with Crippen LogP contribution in [0.2, 0.25) is 0 Å². The molecule has 0 atom stereocenters. The average Bonchev–Trinajstić information content (AvgIpc) is 4.04. The zero-order valence-electron chi connectivity index (χ0n) is 36.7. The van der Waals surface area contributed by atoms with Crippen molar-refractivity contribution in [1.82, 2.24) is 35.6 Å². The molecular formula is C51H53N11O3. The number of benzene rings is 5. The molecule has 65 heavy (non-hydrogen) atoms. The molecule has 0 aliphatic rings. The number of nitrogen functional groups attached to an aromatic ring is 1. The Morgan fingerprint density at radius 3 is 1.35 bits per heavy atom. The first kappa shape index (κ1) is 44.9. The number of aromatic amines is 3. The minimum absolute atomic E-state index is 0.00395. The van der Waals surface area contributed by atoms with Crippen molar-refractivity contribution >= 4 is 73.6 Å². The van der Waals surface area contributed by atoms with Gasteiger partial charge in [-0.05, 0) is 120 Å². The Morgan fingerprint density at radius 1 is 0.477 bits per heavy atom. The lowest BCUT2D eigenvalue weighted by Gasteiger charge is -2.03. The molecule has 3 amide bonds. The maximum Gasteiger partial charge on any atom is 0.225 e. The van der Waals surface area contributed by atoms with Crippen molar-refractivity contribution in [3.05, 3.63) is 145 Å². The molecule has 0 fully saturated rings. The van der Waals surface area contributed by atoms with Crippen LogP contribution in [-0.2, 0) is 20.8 Å². The lowest BCUT2D eigenvalue weighted by molar-refractivity contribution is -0.117. The summed E-state index contributed by atoms with van der Waals surface area (Å²) in [5.41, 5.74) is 16.0. The van der Waals surface area contributed by atoms with Crippen LogP contribution in [-0.4, -0.2) is 53.3 Å². The van der Waals surface area contributed by atoms with Crippen LogP contribution in [0.25, 0.3) is 55.0 Å². The molecule has 4 heterocycles. The Labute approximate surface area is 376 Å². The normalized spacial score (nSPS) is 10.8. The minimum atomic E-state index is -0.0153. The largest absolute Gasteiger partial charge is 0.399 e. The number of pyridine rings is 1. The first-order valence-corrected chi connectivity index (χ1v) is 21.8. The van der Waals surface area contributed by atoms with Gasteiger partial charge in [-0.1, -0.05) is 81.4 Å². The lowest BCUT2D eigenvalue weighted by atomic mass is 10.0. The van der Waals surface area contributed by atoms with Crippen LogP contribution in [0.4, 0.5) is 23.1 Å². The quantitative estimate of drug-likeness (QED) is 0.0553. The van der Waals surface area contributed by atoms with Gasteiger partial charge in [0, 0.05) is 53.5 Å². The zero-order chi connectivity index (χ0) is 45.5. The van der Waals surface area contributed by atoms with E-state index in [1.165, 1.54) is 11.1 Å². The van der Waals surface area contributed by atoms with Gasteiger partial charge in [-0.2, -0.15) is 15.3 Å².